The number of hydrogen-bond acceptors (Lipinski definition) is 4. The number of piperidine rings is 1. The highest BCUT2D eigenvalue weighted by atomic mass is 127. The van der Waals surface area contributed by atoms with Gasteiger partial charge in [-0.2, -0.15) is 8.78 Å². The standard InChI is InChI=1S/C21H25F2IN4O3S/c1-14-13-15(3-4-16(14)32(30,31)25-2)19(29)27-10-7-20(8-11-27)17-5-6-18(21(22,23)24)28(17)12-9-26-20/h3-6,13,25-26H,7-12H2,1-2H3. The molecule has 7 nitrogen and oxygen atoms in total. The maximum Gasteiger partial charge on any atom is 0.336 e. The fraction of sp³-hybridized carbons (Fsp3) is 0.476. The highest BCUT2D eigenvalue weighted by Crippen LogP contribution is 2.42. The van der Waals surface area contributed by atoms with Crippen molar-refractivity contribution in [3.05, 3.63) is 52.8 Å². The molecule has 0 atom stereocenters. The zero-order valence-electron chi connectivity index (χ0n) is 17.8. The summed E-state index contributed by atoms with van der Waals surface area (Å²) >= 11 is 1.17. The van der Waals surface area contributed by atoms with Crippen LogP contribution < -0.4 is 10.0 Å². The minimum absolute atomic E-state index is 0.0135. The fourth-order valence-electron chi connectivity index (χ4n) is 4.77. The predicted molar refractivity (Wildman–Crippen MR) is 125 cm³/mol. The molecule has 0 saturated carbocycles. The number of carbonyl (C=O) groups excluding carboxylic acids is 1. The largest absolute Gasteiger partial charge is 0.340 e. The third kappa shape index (κ3) is 4.08. The Labute approximate surface area is 199 Å². The lowest BCUT2D eigenvalue weighted by atomic mass is 9.83. The van der Waals surface area contributed by atoms with Gasteiger partial charge in [-0.1, -0.05) is 0 Å². The van der Waals surface area contributed by atoms with E-state index in [2.05, 4.69) is 10.0 Å². The van der Waals surface area contributed by atoms with Crippen LogP contribution in [-0.2, 0) is 26.0 Å². The van der Waals surface area contributed by atoms with Crippen molar-refractivity contribution in [2.45, 2.75) is 40.7 Å². The fourth-order valence-corrected chi connectivity index (χ4v) is 6.19. The number of hydrogen-bond donors (Lipinski definition) is 2. The number of nitrogens with one attached hydrogen (secondary N) is 2. The number of rotatable bonds is 4. The number of benzene rings is 1. The van der Waals surface area contributed by atoms with Gasteiger partial charge in [0, 0.05) is 60.0 Å². The number of alkyl halides is 3. The van der Waals surface area contributed by atoms with E-state index in [1.165, 1.54) is 47.8 Å². The summed E-state index contributed by atoms with van der Waals surface area (Å²) in [6, 6.07) is 7.84. The zero-order chi connectivity index (χ0) is 23.3. The number of aryl methyl sites for hydroxylation is 1. The summed E-state index contributed by atoms with van der Waals surface area (Å²) in [5.41, 5.74) is 1.35. The van der Waals surface area contributed by atoms with E-state index in [9.17, 15) is 22.0 Å². The molecular formula is C21H25F2IN4O3S. The lowest BCUT2D eigenvalue weighted by Crippen LogP contribution is -2.56. The topological polar surface area (TPSA) is 83.4 Å². The maximum absolute atomic E-state index is 14.0. The molecule has 0 aliphatic carbocycles. The van der Waals surface area contributed by atoms with Crippen LogP contribution in [0.25, 0.3) is 0 Å². The van der Waals surface area contributed by atoms with E-state index in [4.69, 9.17) is 0 Å². The molecule has 1 aromatic heterocycles. The highest BCUT2D eigenvalue weighted by Gasteiger charge is 2.43. The van der Waals surface area contributed by atoms with E-state index in [0.29, 0.717) is 50.1 Å². The Balaban J connectivity index is 1.52. The second-order valence-electron chi connectivity index (χ2n) is 8.24. The third-order valence-corrected chi connectivity index (χ3v) is 8.57. The summed E-state index contributed by atoms with van der Waals surface area (Å²) in [5.74, 6) is -0.165. The van der Waals surface area contributed by atoms with Gasteiger partial charge >= 0.3 is 3.93 Å². The number of aromatic nitrogens is 1. The molecule has 2 aliphatic heterocycles. The van der Waals surface area contributed by atoms with Gasteiger partial charge in [-0.05, 0) is 62.7 Å². The SMILES string of the molecule is CNS(=O)(=O)c1ccc(C(=O)N2CCC3(CC2)NCCn2c(C(F)(F)I)ccc23)cc1C. The third-order valence-electron chi connectivity index (χ3n) is 6.44. The minimum atomic E-state index is -3.59. The number of halogens is 3. The van der Waals surface area contributed by atoms with Gasteiger partial charge in [-0.3, -0.25) is 4.79 Å². The molecule has 32 heavy (non-hydrogen) atoms. The average Bonchev–Trinajstić information content (AvgIpc) is 3.20. The Morgan fingerprint density at radius 3 is 2.47 bits per heavy atom. The van der Waals surface area contributed by atoms with Gasteiger partial charge in [-0.15, -0.1) is 0 Å². The number of fused-ring (bicyclic) bond motifs is 2. The zero-order valence-corrected chi connectivity index (χ0v) is 20.8. The molecule has 2 aliphatic rings. The van der Waals surface area contributed by atoms with Crippen LogP contribution in [0.4, 0.5) is 8.78 Å². The summed E-state index contributed by atoms with van der Waals surface area (Å²) in [7, 11) is -2.25. The molecule has 3 heterocycles. The Morgan fingerprint density at radius 1 is 1.19 bits per heavy atom. The molecule has 0 radical (unpaired) electrons. The predicted octanol–water partition coefficient (Wildman–Crippen LogP) is 2.92. The Bertz CT molecular complexity index is 1150. The monoisotopic (exact) mass is 578 g/mol. The van der Waals surface area contributed by atoms with Gasteiger partial charge in [-0.25, -0.2) is 13.1 Å². The molecule has 1 fully saturated rings. The van der Waals surface area contributed by atoms with Crippen LogP contribution in [0.15, 0.2) is 35.2 Å². The number of likely N-dealkylation sites (tertiary alicyclic amines) is 1. The van der Waals surface area contributed by atoms with E-state index in [-0.39, 0.29) is 16.5 Å². The first-order valence-electron chi connectivity index (χ1n) is 10.3. The maximum atomic E-state index is 14.0. The molecular weight excluding hydrogens is 553 g/mol. The van der Waals surface area contributed by atoms with Crippen molar-refractivity contribution in [2.75, 3.05) is 26.7 Å². The Morgan fingerprint density at radius 2 is 1.88 bits per heavy atom. The van der Waals surface area contributed by atoms with Crippen molar-refractivity contribution in [1.29, 1.82) is 0 Å². The van der Waals surface area contributed by atoms with Crippen molar-refractivity contribution in [1.82, 2.24) is 19.5 Å². The van der Waals surface area contributed by atoms with Gasteiger partial charge in [0.05, 0.1) is 16.1 Å². The van der Waals surface area contributed by atoms with Crippen molar-refractivity contribution in [2.24, 2.45) is 0 Å². The number of nitrogens with zero attached hydrogens (tertiary/aromatic N) is 2. The van der Waals surface area contributed by atoms with E-state index in [1.807, 2.05) is 0 Å². The molecule has 2 N–H and O–H groups in total. The van der Waals surface area contributed by atoms with Crippen molar-refractivity contribution in [3.8, 4) is 0 Å². The van der Waals surface area contributed by atoms with E-state index in [0.717, 1.165) is 5.69 Å². The van der Waals surface area contributed by atoms with E-state index in [1.54, 1.807) is 28.5 Å². The molecule has 1 amide bonds. The van der Waals surface area contributed by atoms with Gasteiger partial charge in [0.15, 0.2) is 0 Å². The van der Waals surface area contributed by atoms with Crippen LogP contribution in [0.2, 0.25) is 0 Å². The smallest absolute Gasteiger partial charge is 0.336 e. The number of amides is 1. The molecule has 1 aromatic carbocycles. The van der Waals surface area contributed by atoms with E-state index >= 15 is 0 Å². The summed E-state index contributed by atoms with van der Waals surface area (Å²) in [5, 5.41) is 3.51. The van der Waals surface area contributed by atoms with Crippen LogP contribution in [0.5, 0.6) is 0 Å². The van der Waals surface area contributed by atoms with E-state index < -0.39 is 19.5 Å². The van der Waals surface area contributed by atoms with Crippen molar-refractivity contribution in [3.63, 3.8) is 0 Å². The van der Waals surface area contributed by atoms with Gasteiger partial charge < -0.3 is 14.8 Å². The highest BCUT2D eigenvalue weighted by molar-refractivity contribution is 14.1. The minimum Gasteiger partial charge on any atom is -0.340 e. The molecule has 2 aromatic rings. The van der Waals surface area contributed by atoms with Gasteiger partial charge in [0.1, 0.15) is 0 Å². The summed E-state index contributed by atoms with van der Waals surface area (Å²) in [6.07, 6.45) is 1.22. The van der Waals surface area contributed by atoms with Crippen LogP contribution in [-0.4, -0.2) is 50.5 Å². The molecule has 174 valence electrons. The van der Waals surface area contributed by atoms with Crippen LogP contribution in [0.1, 0.15) is 40.2 Å². The molecule has 1 spiro atoms. The van der Waals surface area contributed by atoms with Crippen LogP contribution in [0.3, 0.4) is 0 Å². The van der Waals surface area contributed by atoms with Gasteiger partial charge in [0.25, 0.3) is 5.91 Å². The van der Waals surface area contributed by atoms with Crippen molar-refractivity contribution >= 4 is 38.5 Å². The lowest BCUT2D eigenvalue weighted by molar-refractivity contribution is 0.0605. The lowest BCUT2D eigenvalue weighted by Gasteiger charge is -2.46. The number of carbonyl (C=O) groups is 1. The van der Waals surface area contributed by atoms with Gasteiger partial charge in [0.2, 0.25) is 10.0 Å². The first kappa shape index (κ1) is 23.6. The quantitative estimate of drug-likeness (QED) is 0.432. The van der Waals surface area contributed by atoms with Crippen molar-refractivity contribution < 1.29 is 22.0 Å². The van der Waals surface area contributed by atoms with Crippen LogP contribution in [0, 0.1) is 6.92 Å². The Kier molecular flexibility index (Phi) is 6.14. The first-order valence-corrected chi connectivity index (χ1v) is 12.9. The first-order chi connectivity index (χ1) is 15.0. The Hall–Kier alpha value is -1.57. The number of sulfonamides is 1. The summed E-state index contributed by atoms with van der Waals surface area (Å²) < 4.78 is 53.2. The molecule has 4 rings (SSSR count). The molecule has 1 saturated heterocycles. The molecule has 0 bridgehead atoms. The van der Waals surface area contributed by atoms with Crippen LogP contribution >= 0.6 is 22.6 Å². The average molecular weight is 578 g/mol. The molecule has 11 heteroatoms. The second-order valence-corrected chi connectivity index (χ2v) is 11.5. The normalized spacial score (nSPS) is 18.6. The molecule has 0 unspecified atom stereocenters. The second kappa shape index (κ2) is 8.33. The summed E-state index contributed by atoms with van der Waals surface area (Å²) in [6.45, 7) is 3.69. The summed E-state index contributed by atoms with van der Waals surface area (Å²) in [4.78, 5) is 15.0.